The van der Waals surface area contributed by atoms with Crippen LogP contribution in [-0.2, 0) is 0 Å². The average molecular weight is 697 g/mol. The zero-order valence-corrected chi connectivity index (χ0v) is 36.1. The largest absolute Gasteiger partial charge is 0.124 e. The Morgan fingerprint density at radius 2 is 1.59 bits per heavy atom. The van der Waals surface area contributed by atoms with Crippen LogP contribution in [0.2, 0.25) is 0 Å². The van der Waals surface area contributed by atoms with Crippen LogP contribution < -0.4 is 0 Å². The Balaban J connectivity index is 0.00000133. The van der Waals surface area contributed by atoms with Crippen molar-refractivity contribution in [3.63, 3.8) is 0 Å². The molecule has 0 N–H and O–H groups in total. The van der Waals surface area contributed by atoms with E-state index in [1.54, 1.807) is 5.57 Å². The topological polar surface area (TPSA) is 0 Å². The molecule has 0 aliphatic heterocycles. The van der Waals surface area contributed by atoms with Gasteiger partial charge in [-0.25, -0.2) is 0 Å². The first kappa shape index (κ1) is 46.8. The number of hydrogen-bond donors (Lipinski definition) is 0. The van der Waals surface area contributed by atoms with Crippen LogP contribution in [0.25, 0.3) is 0 Å². The summed E-state index contributed by atoms with van der Waals surface area (Å²) in [6, 6.07) is 0. The third kappa shape index (κ3) is 15.7. The van der Waals surface area contributed by atoms with Crippen molar-refractivity contribution in [1.29, 1.82) is 0 Å². The zero-order chi connectivity index (χ0) is 38.7. The van der Waals surface area contributed by atoms with Crippen molar-refractivity contribution in [1.82, 2.24) is 0 Å². The molecule has 2 saturated carbocycles. The van der Waals surface area contributed by atoms with Gasteiger partial charge in [0.2, 0.25) is 0 Å². The van der Waals surface area contributed by atoms with E-state index in [0.29, 0.717) is 17.8 Å². The smallest absolute Gasteiger partial charge is 0.0129 e. The maximum absolute atomic E-state index is 4.79. The van der Waals surface area contributed by atoms with Crippen molar-refractivity contribution in [3.05, 3.63) is 83.6 Å². The Morgan fingerprint density at radius 1 is 0.922 bits per heavy atom. The lowest BCUT2D eigenvalue weighted by molar-refractivity contribution is 0.170. The van der Waals surface area contributed by atoms with Gasteiger partial charge in [-0.1, -0.05) is 161 Å². The van der Waals surface area contributed by atoms with Crippen molar-refractivity contribution >= 4 is 0 Å². The Labute approximate surface area is 320 Å². The molecule has 51 heavy (non-hydrogen) atoms. The molecule has 0 nitrogen and oxygen atoms in total. The van der Waals surface area contributed by atoms with E-state index in [9.17, 15) is 0 Å². The van der Waals surface area contributed by atoms with Crippen molar-refractivity contribution in [3.8, 4) is 12.8 Å². The molecule has 0 aromatic rings. The Hall–Kier alpha value is -2.26. The lowest BCUT2D eigenvalue weighted by Gasteiger charge is -2.35. The summed E-state index contributed by atoms with van der Waals surface area (Å²) in [5.74, 6) is 9.47. The number of allylic oxidation sites excluding steroid dienone is 13. The minimum absolute atomic E-state index is 0.683. The van der Waals surface area contributed by atoms with Gasteiger partial charge in [0, 0.05) is 0 Å². The van der Waals surface area contributed by atoms with Gasteiger partial charge < -0.3 is 0 Å². The highest BCUT2D eigenvalue weighted by Gasteiger charge is 2.44. The van der Waals surface area contributed by atoms with E-state index in [-0.39, 0.29) is 0 Å². The van der Waals surface area contributed by atoms with Crippen LogP contribution in [0.3, 0.4) is 0 Å². The lowest BCUT2D eigenvalue weighted by Crippen LogP contribution is -2.26. The van der Waals surface area contributed by atoms with Gasteiger partial charge in [-0.2, -0.15) is 0 Å². The molecule has 288 valence electrons. The summed E-state index contributed by atoms with van der Waals surface area (Å²) in [4.78, 5) is 0. The molecule has 0 spiro atoms. The fraction of sp³-hybridized carbons (Fsp3) is 0.686. The highest BCUT2D eigenvalue weighted by Crippen LogP contribution is 2.54. The highest BCUT2D eigenvalue weighted by molar-refractivity contribution is 5.42. The normalized spacial score (nSPS) is 33.6. The fourth-order valence-corrected chi connectivity index (χ4v) is 8.94. The molecule has 0 amide bonds. The van der Waals surface area contributed by atoms with E-state index in [1.807, 2.05) is 27.7 Å². The SMILES string of the molecule is C#C.C=C1CC(C(C)C(C)C(C)C/C=C/C(C)=C/C2=CCC(C)=C2)CC(C)C2CC2/C=C/C(C)C2C=CCC(C2)CC2CC12.CC.CC.CCC. The maximum atomic E-state index is 4.79. The zero-order valence-electron chi connectivity index (χ0n) is 36.1. The Bertz CT molecular complexity index is 1190. The first-order valence-electron chi connectivity index (χ1n) is 21.6. The van der Waals surface area contributed by atoms with E-state index < -0.39 is 0 Å². The van der Waals surface area contributed by atoms with Gasteiger partial charge in [-0.15, -0.1) is 12.8 Å². The third-order valence-corrected chi connectivity index (χ3v) is 12.5. The predicted molar refractivity (Wildman–Crippen MR) is 233 cm³/mol. The van der Waals surface area contributed by atoms with Crippen LogP contribution in [0, 0.1) is 83.9 Å². The van der Waals surface area contributed by atoms with Gasteiger partial charge in [0.1, 0.15) is 0 Å². The summed E-state index contributed by atoms with van der Waals surface area (Å²) in [5.41, 5.74) is 5.81. The predicted octanol–water partition coefficient (Wildman–Crippen LogP) is 15.8. The monoisotopic (exact) mass is 697 g/mol. The van der Waals surface area contributed by atoms with Gasteiger partial charge in [-0.3, -0.25) is 0 Å². The molecule has 12 atom stereocenters. The van der Waals surface area contributed by atoms with E-state index in [4.69, 9.17) is 6.58 Å². The molecule has 0 aromatic heterocycles. The average Bonchev–Trinajstić information content (AvgIpc) is 4.05. The van der Waals surface area contributed by atoms with Gasteiger partial charge >= 0.3 is 0 Å². The fourth-order valence-electron chi connectivity index (χ4n) is 8.94. The lowest BCUT2D eigenvalue weighted by atomic mass is 9.71. The Morgan fingerprint density at radius 3 is 2.22 bits per heavy atom. The second kappa shape index (κ2) is 24.9. The van der Waals surface area contributed by atoms with Crippen molar-refractivity contribution in [2.75, 3.05) is 0 Å². The van der Waals surface area contributed by atoms with Gasteiger partial charge in [0.05, 0.1) is 0 Å². The third-order valence-electron chi connectivity index (χ3n) is 12.5. The quantitative estimate of drug-likeness (QED) is 0.141. The molecule has 0 saturated heterocycles. The second-order valence-electron chi connectivity index (χ2n) is 16.7. The first-order valence-corrected chi connectivity index (χ1v) is 21.6. The summed E-state index contributed by atoms with van der Waals surface area (Å²) in [5, 5.41) is 0. The van der Waals surface area contributed by atoms with Crippen molar-refractivity contribution in [2.45, 2.75) is 154 Å². The summed E-state index contributed by atoms with van der Waals surface area (Å²) in [6.07, 6.45) is 43.2. The summed E-state index contributed by atoms with van der Waals surface area (Å²) < 4.78 is 0. The molecule has 0 aromatic carbocycles. The van der Waals surface area contributed by atoms with Crippen LogP contribution in [0.1, 0.15) is 154 Å². The number of hydrogen-bond acceptors (Lipinski definition) is 0. The molecule has 5 aliphatic carbocycles. The minimum atomic E-state index is 0.683. The molecule has 5 rings (SSSR count). The molecular weight excluding hydrogens is 613 g/mol. The molecule has 5 aliphatic rings. The van der Waals surface area contributed by atoms with Gasteiger partial charge in [0.25, 0.3) is 0 Å². The van der Waals surface area contributed by atoms with Crippen molar-refractivity contribution < 1.29 is 0 Å². The second-order valence-corrected chi connectivity index (χ2v) is 16.7. The van der Waals surface area contributed by atoms with E-state index in [2.05, 4.69) is 130 Å². The van der Waals surface area contributed by atoms with E-state index >= 15 is 0 Å². The number of rotatable bonds is 7. The van der Waals surface area contributed by atoms with E-state index in [0.717, 1.165) is 59.7 Å². The van der Waals surface area contributed by atoms with Crippen molar-refractivity contribution in [2.24, 2.45) is 71.0 Å². The minimum Gasteiger partial charge on any atom is -0.124 e. The van der Waals surface area contributed by atoms with Crippen LogP contribution in [-0.4, -0.2) is 0 Å². The molecule has 0 heteroatoms. The summed E-state index contributed by atoms with van der Waals surface area (Å²) in [7, 11) is 0. The number of terminal acetylenes is 1. The molecule has 2 bridgehead atoms. The molecular formula is C51H84. The van der Waals surface area contributed by atoms with Crippen LogP contribution >= 0.6 is 0 Å². The highest BCUT2D eigenvalue weighted by atomic mass is 14.5. The first-order chi connectivity index (χ1) is 24.5. The molecule has 0 heterocycles. The molecule has 12 unspecified atom stereocenters. The summed E-state index contributed by atoms with van der Waals surface area (Å²) in [6.45, 7) is 34.2. The molecule has 2 fully saturated rings. The molecule has 0 radical (unpaired) electrons. The van der Waals surface area contributed by atoms with Gasteiger partial charge in [0.15, 0.2) is 0 Å². The summed E-state index contributed by atoms with van der Waals surface area (Å²) >= 11 is 0. The van der Waals surface area contributed by atoms with Crippen LogP contribution in [0.15, 0.2) is 83.6 Å². The van der Waals surface area contributed by atoms with Gasteiger partial charge in [-0.05, 0) is 148 Å². The van der Waals surface area contributed by atoms with Crippen LogP contribution in [0.4, 0.5) is 0 Å². The maximum Gasteiger partial charge on any atom is -0.0129 e. The Kier molecular flexibility index (Phi) is 22.8. The van der Waals surface area contributed by atoms with E-state index in [1.165, 1.54) is 74.5 Å². The standard InChI is InChI=1S/C42H62.C3H8.2C2H6.C2H2/c1-27(19-36-17-15-28(2)20-36)11-9-12-29(3)33(7)34(8)39-21-31(5)41-25-38(41)18-16-30(4)37-14-10-13-35(23-37)24-40-26-42(40)32(6)22-39;1-3-2;3*1-2/h9-11,14,16-20,29-31,33-35,37-42H,6,12-13,15,21-26H2,1-5,7-8H3;3H2,1-2H3;2*1-2H3;1-2H/b11-9+,18-16+,27-19+;;;;. The van der Waals surface area contributed by atoms with Crippen LogP contribution in [0.5, 0.6) is 0 Å². The number of fused-ring (bicyclic) bond motifs is 4.